The molecular formula is C11H16O2S. The maximum atomic E-state index is 9.00. The van der Waals surface area contributed by atoms with E-state index in [1.165, 1.54) is 5.56 Å². The van der Waals surface area contributed by atoms with E-state index in [2.05, 4.69) is 38.6 Å². The summed E-state index contributed by atoms with van der Waals surface area (Å²) in [6.45, 7) is 5.26. The van der Waals surface area contributed by atoms with Gasteiger partial charge >= 0.3 is 0 Å². The highest BCUT2D eigenvalue weighted by atomic mass is 32.1. The van der Waals surface area contributed by atoms with Gasteiger partial charge in [0.15, 0.2) is 0 Å². The van der Waals surface area contributed by atoms with Crippen LogP contribution in [0.15, 0.2) is 30.3 Å². The Morgan fingerprint density at radius 1 is 1.29 bits per heavy atom. The Hall–Kier alpha value is -0.960. The van der Waals surface area contributed by atoms with Crippen LogP contribution in [0.25, 0.3) is 0 Å². The van der Waals surface area contributed by atoms with Gasteiger partial charge in [-0.25, -0.2) is 0 Å². The lowest BCUT2D eigenvalue weighted by atomic mass is 10.0. The quantitative estimate of drug-likeness (QED) is 0.702. The van der Waals surface area contributed by atoms with E-state index in [9.17, 15) is 0 Å². The average Bonchev–Trinajstić information content (AvgIpc) is 2.03. The highest BCUT2D eigenvalue weighted by Gasteiger charge is 2.12. The lowest BCUT2D eigenvalue weighted by Crippen LogP contribution is -2.06. The molecule has 0 aliphatic heterocycles. The third kappa shape index (κ3) is 6.54. The smallest absolute Gasteiger partial charge is 0.300 e. The molecule has 0 fully saturated rings. The van der Waals surface area contributed by atoms with Gasteiger partial charge in [0.1, 0.15) is 0 Å². The molecule has 0 spiro atoms. The van der Waals surface area contributed by atoms with Gasteiger partial charge in [0.25, 0.3) is 5.97 Å². The molecule has 0 amide bonds. The molecule has 1 aromatic carbocycles. The number of rotatable bonds is 1. The molecule has 0 radical (unpaired) electrons. The van der Waals surface area contributed by atoms with Crippen LogP contribution < -0.4 is 0 Å². The first-order valence-corrected chi connectivity index (χ1v) is 4.76. The largest absolute Gasteiger partial charge is 0.481 e. The molecule has 0 unspecified atom stereocenters. The van der Waals surface area contributed by atoms with Gasteiger partial charge in [-0.1, -0.05) is 30.3 Å². The number of aliphatic carboxylic acids is 1. The molecule has 0 bridgehead atoms. The van der Waals surface area contributed by atoms with Crippen LogP contribution in [0.5, 0.6) is 0 Å². The van der Waals surface area contributed by atoms with Gasteiger partial charge < -0.3 is 5.11 Å². The molecule has 78 valence electrons. The van der Waals surface area contributed by atoms with Gasteiger partial charge in [0.2, 0.25) is 0 Å². The predicted octanol–water partition coefficient (Wildman–Crippen LogP) is 2.94. The van der Waals surface area contributed by atoms with Crippen LogP contribution >= 0.6 is 12.6 Å². The minimum Gasteiger partial charge on any atom is -0.481 e. The topological polar surface area (TPSA) is 37.3 Å². The van der Waals surface area contributed by atoms with Crippen molar-refractivity contribution >= 4 is 18.6 Å². The van der Waals surface area contributed by atoms with Crippen molar-refractivity contribution in [1.82, 2.24) is 0 Å². The number of carboxylic acids is 1. The molecule has 0 heterocycles. The van der Waals surface area contributed by atoms with Gasteiger partial charge in [-0.05, 0) is 19.4 Å². The van der Waals surface area contributed by atoms with Crippen molar-refractivity contribution in [3.8, 4) is 0 Å². The minimum atomic E-state index is -0.833. The number of benzene rings is 1. The van der Waals surface area contributed by atoms with E-state index in [1.54, 1.807) is 0 Å². The Morgan fingerprint density at radius 2 is 1.64 bits per heavy atom. The van der Waals surface area contributed by atoms with Crippen LogP contribution in [-0.2, 0) is 9.54 Å². The van der Waals surface area contributed by atoms with Gasteiger partial charge in [0, 0.05) is 11.7 Å². The molecule has 1 N–H and O–H groups in total. The highest BCUT2D eigenvalue weighted by Crippen LogP contribution is 2.25. The maximum Gasteiger partial charge on any atom is 0.300 e. The molecule has 0 aliphatic carbocycles. The van der Waals surface area contributed by atoms with Crippen molar-refractivity contribution in [3.05, 3.63) is 35.9 Å². The van der Waals surface area contributed by atoms with E-state index in [0.717, 1.165) is 6.92 Å². The molecule has 14 heavy (non-hydrogen) atoms. The molecule has 3 heteroatoms. The van der Waals surface area contributed by atoms with Crippen LogP contribution in [0.1, 0.15) is 26.3 Å². The lowest BCUT2D eigenvalue weighted by Gasteiger charge is -2.16. The summed E-state index contributed by atoms with van der Waals surface area (Å²) in [6.07, 6.45) is 0. The zero-order valence-corrected chi connectivity index (χ0v) is 9.58. The zero-order chi connectivity index (χ0) is 11.2. The van der Waals surface area contributed by atoms with Crippen molar-refractivity contribution in [1.29, 1.82) is 0 Å². The van der Waals surface area contributed by atoms with Crippen molar-refractivity contribution in [2.45, 2.75) is 25.5 Å². The fraction of sp³-hybridized carbons (Fsp3) is 0.364. The van der Waals surface area contributed by atoms with E-state index in [0.29, 0.717) is 0 Å². The first kappa shape index (κ1) is 13.0. The third-order valence-electron chi connectivity index (χ3n) is 1.48. The van der Waals surface area contributed by atoms with Crippen molar-refractivity contribution in [2.24, 2.45) is 0 Å². The Bertz CT molecular complexity index is 271. The fourth-order valence-corrected chi connectivity index (χ4v) is 0.995. The molecule has 0 saturated heterocycles. The maximum absolute atomic E-state index is 9.00. The van der Waals surface area contributed by atoms with Gasteiger partial charge in [0.05, 0.1) is 0 Å². The zero-order valence-electron chi connectivity index (χ0n) is 8.69. The third-order valence-corrected chi connectivity index (χ3v) is 1.74. The normalized spacial score (nSPS) is 10.0. The van der Waals surface area contributed by atoms with Crippen molar-refractivity contribution in [2.75, 3.05) is 0 Å². The Balaban J connectivity index is 0.000000364. The van der Waals surface area contributed by atoms with Gasteiger partial charge in [-0.3, -0.25) is 4.79 Å². The number of carboxylic acid groups (broad SMARTS) is 1. The standard InChI is InChI=1S/C9H12S.C2H4O2/c1-9(2,10)8-6-4-3-5-7-8;1-2(3)4/h3-7,10H,1-2H3;1H3,(H,3,4). The van der Waals surface area contributed by atoms with Crippen LogP contribution in [0.2, 0.25) is 0 Å². The van der Waals surface area contributed by atoms with E-state index < -0.39 is 5.97 Å². The molecule has 1 rings (SSSR count). The number of carbonyl (C=O) groups is 1. The number of hydrogen-bond donors (Lipinski definition) is 2. The molecule has 0 aromatic heterocycles. The SMILES string of the molecule is CC(=O)O.CC(C)(S)c1ccccc1. The van der Waals surface area contributed by atoms with E-state index in [1.807, 2.05) is 18.2 Å². The second-order valence-electron chi connectivity index (χ2n) is 3.44. The molecule has 0 aliphatic rings. The first-order valence-electron chi connectivity index (χ1n) is 4.31. The van der Waals surface area contributed by atoms with Crippen molar-refractivity contribution < 1.29 is 9.90 Å². The van der Waals surface area contributed by atoms with Crippen LogP contribution in [-0.4, -0.2) is 11.1 Å². The number of hydrogen-bond acceptors (Lipinski definition) is 2. The summed E-state index contributed by atoms with van der Waals surface area (Å²) >= 11 is 4.44. The molecule has 0 atom stereocenters. The molecule has 2 nitrogen and oxygen atoms in total. The monoisotopic (exact) mass is 212 g/mol. The Labute approximate surface area is 90.4 Å². The summed E-state index contributed by atoms with van der Waals surface area (Å²) in [6, 6.07) is 10.3. The van der Waals surface area contributed by atoms with Gasteiger partial charge in [-0.2, -0.15) is 12.6 Å². The summed E-state index contributed by atoms with van der Waals surface area (Å²) in [5.74, 6) is -0.833. The fourth-order valence-electron chi connectivity index (χ4n) is 0.846. The summed E-state index contributed by atoms with van der Waals surface area (Å²) in [4.78, 5) is 9.00. The second kappa shape index (κ2) is 5.70. The Kier molecular flexibility index (Phi) is 5.31. The van der Waals surface area contributed by atoms with Gasteiger partial charge in [-0.15, -0.1) is 0 Å². The first-order chi connectivity index (χ1) is 6.34. The van der Waals surface area contributed by atoms with E-state index in [4.69, 9.17) is 9.90 Å². The number of thiol groups is 1. The highest BCUT2D eigenvalue weighted by molar-refractivity contribution is 7.81. The molecule has 0 saturated carbocycles. The average molecular weight is 212 g/mol. The molecule has 1 aromatic rings. The van der Waals surface area contributed by atoms with Crippen LogP contribution in [0.3, 0.4) is 0 Å². The predicted molar refractivity (Wildman–Crippen MR) is 61.8 cm³/mol. The van der Waals surface area contributed by atoms with Crippen LogP contribution in [0.4, 0.5) is 0 Å². The molecular weight excluding hydrogens is 196 g/mol. The Morgan fingerprint density at radius 3 is 1.86 bits per heavy atom. The lowest BCUT2D eigenvalue weighted by molar-refractivity contribution is -0.134. The summed E-state index contributed by atoms with van der Waals surface area (Å²) < 4.78 is -0.0126. The van der Waals surface area contributed by atoms with Crippen LogP contribution in [0, 0.1) is 0 Å². The van der Waals surface area contributed by atoms with E-state index >= 15 is 0 Å². The summed E-state index contributed by atoms with van der Waals surface area (Å²) in [5, 5.41) is 7.42. The summed E-state index contributed by atoms with van der Waals surface area (Å²) in [5.41, 5.74) is 1.26. The van der Waals surface area contributed by atoms with E-state index in [-0.39, 0.29) is 4.75 Å². The minimum absolute atomic E-state index is 0.0126. The second-order valence-corrected chi connectivity index (χ2v) is 4.56. The summed E-state index contributed by atoms with van der Waals surface area (Å²) in [7, 11) is 0. The van der Waals surface area contributed by atoms with Crippen molar-refractivity contribution in [3.63, 3.8) is 0 Å².